The van der Waals surface area contributed by atoms with Gasteiger partial charge in [-0.3, -0.25) is 9.59 Å². The van der Waals surface area contributed by atoms with E-state index in [1.165, 1.54) is 12.1 Å². The lowest BCUT2D eigenvalue weighted by molar-refractivity contribution is -0.119. The molecule has 0 saturated carbocycles. The molecule has 1 saturated heterocycles. The summed E-state index contributed by atoms with van der Waals surface area (Å²) in [6.07, 6.45) is 1.77. The molecule has 6 heteroatoms. The van der Waals surface area contributed by atoms with Crippen LogP contribution in [0.2, 0.25) is 5.02 Å². The summed E-state index contributed by atoms with van der Waals surface area (Å²) in [5.74, 6) is -1.05. The Kier molecular flexibility index (Phi) is 4.60. The number of rotatable bonds is 3. The van der Waals surface area contributed by atoms with E-state index < -0.39 is 5.82 Å². The highest BCUT2D eigenvalue weighted by Crippen LogP contribution is 2.23. The molecular formula is C14H16ClFN2O2. The average molecular weight is 299 g/mol. The number of carbonyl (C=O) groups is 2. The van der Waals surface area contributed by atoms with E-state index in [0.29, 0.717) is 32.4 Å². The summed E-state index contributed by atoms with van der Waals surface area (Å²) in [4.78, 5) is 24.7. The number of hydrogen-bond donors (Lipinski definition) is 1. The van der Waals surface area contributed by atoms with Crippen molar-refractivity contribution in [3.8, 4) is 0 Å². The second kappa shape index (κ2) is 6.22. The molecule has 20 heavy (non-hydrogen) atoms. The van der Waals surface area contributed by atoms with Crippen LogP contribution in [0.15, 0.2) is 18.2 Å². The number of carbonyl (C=O) groups excluding carboxylic acids is 2. The molecule has 0 radical (unpaired) electrons. The van der Waals surface area contributed by atoms with Gasteiger partial charge in [-0.05, 0) is 37.0 Å². The van der Waals surface area contributed by atoms with Gasteiger partial charge in [0.25, 0.3) is 5.91 Å². The lowest BCUT2D eigenvalue weighted by Crippen LogP contribution is -2.39. The van der Waals surface area contributed by atoms with Crippen LogP contribution < -0.4 is 5.73 Å². The Bertz CT molecular complexity index is 528. The topological polar surface area (TPSA) is 63.4 Å². The van der Waals surface area contributed by atoms with Crippen LogP contribution in [0.4, 0.5) is 4.39 Å². The third kappa shape index (κ3) is 3.48. The zero-order chi connectivity index (χ0) is 14.7. The highest BCUT2D eigenvalue weighted by atomic mass is 35.5. The van der Waals surface area contributed by atoms with E-state index in [0.717, 1.165) is 6.07 Å². The maximum atomic E-state index is 13.7. The molecule has 0 aliphatic carbocycles. The highest BCUT2D eigenvalue weighted by Gasteiger charge is 2.25. The summed E-state index contributed by atoms with van der Waals surface area (Å²) in [5, 5.41) is 0.263. The lowest BCUT2D eigenvalue weighted by Gasteiger charge is -2.31. The summed E-state index contributed by atoms with van der Waals surface area (Å²) in [7, 11) is 0. The minimum Gasteiger partial charge on any atom is -0.370 e. The highest BCUT2D eigenvalue weighted by molar-refractivity contribution is 6.30. The predicted molar refractivity (Wildman–Crippen MR) is 73.8 cm³/mol. The molecule has 2 amide bonds. The largest absolute Gasteiger partial charge is 0.370 e. The summed E-state index contributed by atoms with van der Waals surface area (Å²) < 4.78 is 13.7. The summed E-state index contributed by atoms with van der Waals surface area (Å²) in [6, 6.07) is 4.03. The predicted octanol–water partition coefficient (Wildman–Crippen LogP) is 2.21. The second-order valence-electron chi connectivity index (χ2n) is 5.03. The van der Waals surface area contributed by atoms with Gasteiger partial charge in [0.1, 0.15) is 5.82 Å². The van der Waals surface area contributed by atoms with Gasteiger partial charge in [-0.15, -0.1) is 0 Å². The van der Waals surface area contributed by atoms with Gasteiger partial charge >= 0.3 is 0 Å². The molecule has 1 aliphatic heterocycles. The van der Waals surface area contributed by atoms with Crippen LogP contribution in [-0.2, 0) is 4.79 Å². The van der Waals surface area contributed by atoms with Gasteiger partial charge in [-0.1, -0.05) is 11.6 Å². The Balaban J connectivity index is 1.99. The molecule has 1 aromatic rings. The number of nitrogens with zero attached hydrogens (tertiary/aromatic N) is 1. The summed E-state index contributed by atoms with van der Waals surface area (Å²) >= 11 is 5.67. The van der Waals surface area contributed by atoms with Gasteiger partial charge in [0.2, 0.25) is 5.91 Å². The van der Waals surface area contributed by atoms with E-state index in [4.69, 9.17) is 17.3 Å². The van der Waals surface area contributed by atoms with Gasteiger partial charge in [0.15, 0.2) is 0 Å². The molecule has 1 aromatic carbocycles. The van der Waals surface area contributed by atoms with Crippen molar-refractivity contribution in [1.82, 2.24) is 4.90 Å². The van der Waals surface area contributed by atoms with E-state index in [9.17, 15) is 14.0 Å². The maximum Gasteiger partial charge on any atom is 0.256 e. The number of halogens is 2. The van der Waals surface area contributed by atoms with Crippen LogP contribution in [0.3, 0.4) is 0 Å². The molecule has 1 heterocycles. The van der Waals surface area contributed by atoms with Crippen molar-refractivity contribution in [2.45, 2.75) is 19.3 Å². The maximum absolute atomic E-state index is 13.7. The first-order valence-corrected chi connectivity index (χ1v) is 6.88. The SMILES string of the molecule is NC(=O)CC1CCN(C(=O)c2ccc(Cl)cc2F)CC1. The van der Waals surface area contributed by atoms with Gasteiger partial charge in [0.05, 0.1) is 5.56 Å². The number of hydrogen-bond acceptors (Lipinski definition) is 2. The van der Waals surface area contributed by atoms with Gasteiger partial charge in [-0.25, -0.2) is 4.39 Å². The number of primary amides is 1. The van der Waals surface area contributed by atoms with Crippen molar-refractivity contribution in [3.63, 3.8) is 0 Å². The average Bonchev–Trinajstić information content (AvgIpc) is 2.38. The Morgan fingerprint density at radius 2 is 2.00 bits per heavy atom. The standard InChI is InChI=1S/C14H16ClFN2O2/c15-10-1-2-11(12(16)8-10)14(20)18-5-3-9(4-6-18)7-13(17)19/h1-2,8-9H,3-7H2,(H2,17,19). The summed E-state index contributed by atoms with van der Waals surface area (Å²) in [5.41, 5.74) is 5.19. The van der Waals surface area contributed by atoms with Crippen molar-refractivity contribution < 1.29 is 14.0 Å². The monoisotopic (exact) mass is 298 g/mol. The Labute approximate surface area is 121 Å². The minimum absolute atomic E-state index is 0.0303. The molecule has 1 aliphatic rings. The fourth-order valence-corrected chi connectivity index (χ4v) is 2.62. The van der Waals surface area contributed by atoms with E-state index in [2.05, 4.69) is 0 Å². The first-order chi connectivity index (χ1) is 9.47. The first-order valence-electron chi connectivity index (χ1n) is 6.50. The summed E-state index contributed by atoms with van der Waals surface area (Å²) in [6.45, 7) is 1.03. The Morgan fingerprint density at radius 3 is 2.55 bits per heavy atom. The molecule has 0 aromatic heterocycles. The normalized spacial score (nSPS) is 16.2. The van der Waals surface area contributed by atoms with Crippen LogP contribution in [0, 0.1) is 11.7 Å². The van der Waals surface area contributed by atoms with E-state index in [1.807, 2.05) is 0 Å². The Hall–Kier alpha value is -1.62. The Morgan fingerprint density at radius 1 is 1.35 bits per heavy atom. The third-order valence-electron chi connectivity index (χ3n) is 3.55. The van der Waals surface area contributed by atoms with Gasteiger partial charge < -0.3 is 10.6 Å². The number of nitrogens with two attached hydrogens (primary N) is 1. The van der Waals surface area contributed by atoms with Crippen molar-refractivity contribution in [2.24, 2.45) is 11.7 Å². The van der Waals surface area contributed by atoms with Crippen LogP contribution in [0.1, 0.15) is 29.6 Å². The molecule has 108 valence electrons. The zero-order valence-electron chi connectivity index (χ0n) is 10.9. The van der Waals surface area contributed by atoms with Gasteiger partial charge in [0, 0.05) is 24.5 Å². The molecule has 2 N–H and O–H groups in total. The number of likely N-dealkylation sites (tertiary alicyclic amines) is 1. The van der Waals surface area contributed by atoms with Crippen molar-refractivity contribution >= 4 is 23.4 Å². The van der Waals surface area contributed by atoms with Crippen molar-refractivity contribution in [1.29, 1.82) is 0 Å². The molecule has 0 unspecified atom stereocenters. The second-order valence-corrected chi connectivity index (χ2v) is 5.47. The van der Waals surface area contributed by atoms with Crippen LogP contribution in [0.5, 0.6) is 0 Å². The fraction of sp³-hybridized carbons (Fsp3) is 0.429. The van der Waals surface area contributed by atoms with Crippen molar-refractivity contribution in [2.75, 3.05) is 13.1 Å². The number of amides is 2. The molecule has 4 nitrogen and oxygen atoms in total. The lowest BCUT2D eigenvalue weighted by atomic mass is 9.93. The molecule has 2 rings (SSSR count). The van der Waals surface area contributed by atoms with Gasteiger partial charge in [-0.2, -0.15) is 0 Å². The van der Waals surface area contributed by atoms with E-state index in [-0.39, 0.29) is 28.3 Å². The molecule has 0 bridgehead atoms. The molecular weight excluding hydrogens is 283 g/mol. The third-order valence-corrected chi connectivity index (χ3v) is 3.79. The molecule has 0 atom stereocenters. The zero-order valence-corrected chi connectivity index (χ0v) is 11.7. The van der Waals surface area contributed by atoms with E-state index in [1.54, 1.807) is 4.90 Å². The smallest absolute Gasteiger partial charge is 0.256 e. The minimum atomic E-state index is -0.609. The first kappa shape index (κ1) is 14.8. The number of benzene rings is 1. The fourth-order valence-electron chi connectivity index (χ4n) is 2.46. The molecule has 1 fully saturated rings. The quantitative estimate of drug-likeness (QED) is 0.930. The van der Waals surface area contributed by atoms with Crippen LogP contribution >= 0.6 is 11.6 Å². The number of piperidine rings is 1. The van der Waals surface area contributed by atoms with Crippen LogP contribution in [0.25, 0.3) is 0 Å². The van der Waals surface area contributed by atoms with Crippen LogP contribution in [-0.4, -0.2) is 29.8 Å². The van der Waals surface area contributed by atoms with E-state index >= 15 is 0 Å². The van der Waals surface area contributed by atoms with Crippen molar-refractivity contribution in [3.05, 3.63) is 34.6 Å². The molecule has 0 spiro atoms.